The van der Waals surface area contributed by atoms with Crippen LogP contribution in [0.25, 0.3) is 0 Å². The number of benzene rings is 1. The Balaban J connectivity index is 0.00000264. The zero-order chi connectivity index (χ0) is 15.9. The normalized spacial score (nSPS) is 16.2. The van der Waals surface area contributed by atoms with Gasteiger partial charge in [-0.1, -0.05) is 30.3 Å². The van der Waals surface area contributed by atoms with Crippen LogP contribution in [0.2, 0.25) is 0 Å². The van der Waals surface area contributed by atoms with E-state index in [1.807, 2.05) is 11.8 Å². The van der Waals surface area contributed by atoms with Crippen LogP contribution >= 0.6 is 24.8 Å². The molecular formula is C18H31Cl2N3O. The first kappa shape index (κ1) is 23.2. The zero-order valence-corrected chi connectivity index (χ0v) is 16.3. The summed E-state index contributed by atoms with van der Waals surface area (Å²) in [5.41, 5.74) is 7.07. The summed E-state index contributed by atoms with van der Waals surface area (Å²) in [6.07, 6.45) is 2.67. The molecule has 1 heterocycles. The number of hydrogen-bond donors (Lipinski definition) is 1. The summed E-state index contributed by atoms with van der Waals surface area (Å²) in [5.74, 6) is 0.902. The van der Waals surface area contributed by atoms with Gasteiger partial charge in [-0.05, 0) is 38.3 Å². The van der Waals surface area contributed by atoms with Crippen LogP contribution in [-0.4, -0.2) is 48.4 Å². The number of rotatable bonds is 6. The van der Waals surface area contributed by atoms with Crippen LogP contribution in [0.3, 0.4) is 0 Å². The molecule has 0 bridgehead atoms. The van der Waals surface area contributed by atoms with Gasteiger partial charge in [0.25, 0.3) is 0 Å². The fourth-order valence-corrected chi connectivity index (χ4v) is 3.17. The summed E-state index contributed by atoms with van der Waals surface area (Å²) in [6, 6.07) is 10.5. The molecule has 1 amide bonds. The number of hydrogen-bond acceptors (Lipinski definition) is 3. The summed E-state index contributed by atoms with van der Waals surface area (Å²) in [5, 5.41) is 0. The quantitative estimate of drug-likeness (QED) is 0.831. The highest BCUT2D eigenvalue weighted by Gasteiger charge is 2.23. The first-order valence-corrected chi connectivity index (χ1v) is 8.30. The van der Waals surface area contributed by atoms with E-state index in [9.17, 15) is 4.79 Å². The molecule has 1 aliphatic rings. The number of halogens is 2. The molecule has 1 unspecified atom stereocenters. The summed E-state index contributed by atoms with van der Waals surface area (Å²) in [7, 11) is 2.18. The van der Waals surface area contributed by atoms with Crippen LogP contribution < -0.4 is 5.73 Å². The van der Waals surface area contributed by atoms with Gasteiger partial charge in [-0.25, -0.2) is 0 Å². The van der Waals surface area contributed by atoms with Crippen molar-refractivity contribution in [3.05, 3.63) is 35.9 Å². The standard InChI is InChI=1S/C18H29N3O.2ClH/c1-15(19)12-18(22)21-10-8-17(9-11-21)14-20(2)13-16-6-4-3-5-7-16;;/h3-7,15,17H,8-14,19H2,1-2H3;2*1H. The van der Waals surface area contributed by atoms with Gasteiger partial charge in [-0.2, -0.15) is 0 Å². The number of amides is 1. The molecule has 1 aromatic carbocycles. The molecule has 24 heavy (non-hydrogen) atoms. The lowest BCUT2D eigenvalue weighted by atomic mass is 9.95. The molecule has 4 nitrogen and oxygen atoms in total. The minimum Gasteiger partial charge on any atom is -0.343 e. The van der Waals surface area contributed by atoms with Crippen molar-refractivity contribution in [2.24, 2.45) is 11.7 Å². The third-order valence-corrected chi connectivity index (χ3v) is 4.33. The molecule has 0 aromatic heterocycles. The smallest absolute Gasteiger partial charge is 0.224 e. The third kappa shape index (κ3) is 7.84. The lowest BCUT2D eigenvalue weighted by Crippen LogP contribution is -2.42. The first-order chi connectivity index (χ1) is 10.5. The van der Waals surface area contributed by atoms with Gasteiger partial charge >= 0.3 is 0 Å². The van der Waals surface area contributed by atoms with E-state index in [4.69, 9.17) is 5.73 Å². The molecule has 0 radical (unpaired) electrons. The fourth-order valence-electron chi connectivity index (χ4n) is 3.17. The molecule has 2 rings (SSSR count). The SMILES string of the molecule is CC(N)CC(=O)N1CCC(CN(C)Cc2ccccc2)CC1.Cl.Cl. The van der Waals surface area contributed by atoms with E-state index in [0.717, 1.165) is 39.0 Å². The number of carbonyl (C=O) groups is 1. The predicted octanol–water partition coefficient (Wildman–Crippen LogP) is 2.94. The Morgan fingerprint density at radius 3 is 2.38 bits per heavy atom. The maximum absolute atomic E-state index is 12.0. The number of piperidine rings is 1. The van der Waals surface area contributed by atoms with Crippen LogP contribution in [0.4, 0.5) is 0 Å². The van der Waals surface area contributed by atoms with Crippen LogP contribution in [0.1, 0.15) is 31.7 Å². The van der Waals surface area contributed by atoms with E-state index in [2.05, 4.69) is 42.3 Å². The van der Waals surface area contributed by atoms with Crippen molar-refractivity contribution in [2.45, 2.75) is 38.8 Å². The molecule has 2 N–H and O–H groups in total. The third-order valence-electron chi connectivity index (χ3n) is 4.33. The Kier molecular flexibility index (Phi) is 11.3. The van der Waals surface area contributed by atoms with Gasteiger partial charge in [0.2, 0.25) is 5.91 Å². The highest BCUT2D eigenvalue weighted by molar-refractivity contribution is 5.85. The summed E-state index contributed by atoms with van der Waals surface area (Å²) >= 11 is 0. The molecule has 1 saturated heterocycles. The van der Waals surface area contributed by atoms with E-state index in [1.165, 1.54) is 5.56 Å². The second-order valence-electron chi connectivity index (χ2n) is 6.69. The van der Waals surface area contributed by atoms with Crippen LogP contribution in [0.5, 0.6) is 0 Å². The van der Waals surface area contributed by atoms with E-state index in [0.29, 0.717) is 12.3 Å². The van der Waals surface area contributed by atoms with Gasteiger partial charge < -0.3 is 15.5 Å². The van der Waals surface area contributed by atoms with Gasteiger partial charge in [0, 0.05) is 38.6 Å². The van der Waals surface area contributed by atoms with Crippen molar-refractivity contribution in [2.75, 3.05) is 26.7 Å². The van der Waals surface area contributed by atoms with Crippen molar-refractivity contribution >= 4 is 30.7 Å². The maximum atomic E-state index is 12.0. The molecule has 1 atom stereocenters. The number of nitrogens with zero attached hydrogens (tertiary/aromatic N) is 2. The average Bonchev–Trinajstić information content (AvgIpc) is 2.48. The molecule has 6 heteroatoms. The predicted molar refractivity (Wildman–Crippen MR) is 105 cm³/mol. The second kappa shape index (κ2) is 11.7. The summed E-state index contributed by atoms with van der Waals surface area (Å²) in [4.78, 5) is 16.4. The minimum atomic E-state index is -0.0396. The van der Waals surface area contributed by atoms with Crippen LogP contribution in [0, 0.1) is 5.92 Å². The van der Waals surface area contributed by atoms with Crippen molar-refractivity contribution in [1.29, 1.82) is 0 Å². The Morgan fingerprint density at radius 2 is 1.83 bits per heavy atom. The monoisotopic (exact) mass is 375 g/mol. The topological polar surface area (TPSA) is 49.6 Å². The van der Waals surface area contributed by atoms with Gasteiger partial charge in [-0.3, -0.25) is 4.79 Å². The Hall–Kier alpha value is -0.810. The largest absolute Gasteiger partial charge is 0.343 e. The second-order valence-corrected chi connectivity index (χ2v) is 6.69. The van der Waals surface area contributed by atoms with Crippen molar-refractivity contribution in [3.63, 3.8) is 0 Å². The minimum absolute atomic E-state index is 0. The lowest BCUT2D eigenvalue weighted by Gasteiger charge is -2.34. The van der Waals surface area contributed by atoms with Gasteiger partial charge in [0.1, 0.15) is 0 Å². The maximum Gasteiger partial charge on any atom is 0.224 e. The summed E-state index contributed by atoms with van der Waals surface area (Å²) < 4.78 is 0. The highest BCUT2D eigenvalue weighted by atomic mass is 35.5. The van der Waals surface area contributed by atoms with Crippen LogP contribution in [-0.2, 0) is 11.3 Å². The average molecular weight is 376 g/mol. The van der Waals surface area contributed by atoms with E-state index in [-0.39, 0.29) is 36.8 Å². The van der Waals surface area contributed by atoms with Crippen molar-refractivity contribution in [3.8, 4) is 0 Å². The van der Waals surface area contributed by atoms with Crippen molar-refractivity contribution < 1.29 is 4.79 Å². The Labute approximate surface area is 158 Å². The van der Waals surface area contributed by atoms with E-state index < -0.39 is 0 Å². The molecule has 0 saturated carbocycles. The number of nitrogens with two attached hydrogens (primary N) is 1. The van der Waals surface area contributed by atoms with Gasteiger partial charge in [0.05, 0.1) is 0 Å². The van der Waals surface area contributed by atoms with E-state index in [1.54, 1.807) is 0 Å². The molecule has 1 aromatic rings. The lowest BCUT2D eigenvalue weighted by molar-refractivity contribution is -0.132. The Morgan fingerprint density at radius 1 is 1.25 bits per heavy atom. The molecule has 0 aliphatic carbocycles. The fraction of sp³-hybridized carbons (Fsp3) is 0.611. The molecule has 1 fully saturated rings. The van der Waals surface area contributed by atoms with Crippen molar-refractivity contribution in [1.82, 2.24) is 9.80 Å². The number of carbonyl (C=O) groups excluding carboxylic acids is 1. The molecular weight excluding hydrogens is 345 g/mol. The first-order valence-electron chi connectivity index (χ1n) is 8.30. The number of likely N-dealkylation sites (tertiary alicyclic amines) is 1. The van der Waals surface area contributed by atoms with Gasteiger partial charge in [0.15, 0.2) is 0 Å². The Bertz CT molecular complexity index is 463. The molecule has 1 aliphatic heterocycles. The van der Waals surface area contributed by atoms with Gasteiger partial charge in [-0.15, -0.1) is 24.8 Å². The van der Waals surface area contributed by atoms with E-state index >= 15 is 0 Å². The van der Waals surface area contributed by atoms with Crippen LogP contribution in [0.15, 0.2) is 30.3 Å². The highest BCUT2D eigenvalue weighted by Crippen LogP contribution is 2.19. The molecule has 0 spiro atoms. The zero-order valence-electron chi connectivity index (χ0n) is 14.7. The molecule has 138 valence electrons. The summed E-state index contributed by atoms with van der Waals surface area (Å²) in [6.45, 7) is 5.75.